The number of hydrogen-bond donors (Lipinski definition) is 1. The lowest BCUT2D eigenvalue weighted by Gasteiger charge is -2.33. The number of benzene rings is 1. The molecule has 18 heavy (non-hydrogen) atoms. The molecule has 0 bridgehead atoms. The summed E-state index contributed by atoms with van der Waals surface area (Å²) in [6.45, 7) is 1.76. The number of rotatable bonds is 2. The van der Waals surface area contributed by atoms with E-state index in [9.17, 15) is 9.59 Å². The van der Waals surface area contributed by atoms with Crippen molar-refractivity contribution in [3.8, 4) is 0 Å². The number of ketones is 1. The van der Waals surface area contributed by atoms with E-state index in [1.165, 1.54) is 7.11 Å². The number of carbonyl (C=O) groups excluding carboxylic acids is 2. The maximum absolute atomic E-state index is 12.0. The van der Waals surface area contributed by atoms with E-state index in [1.54, 1.807) is 6.92 Å². The van der Waals surface area contributed by atoms with Gasteiger partial charge in [-0.3, -0.25) is 14.9 Å². The van der Waals surface area contributed by atoms with Crippen LogP contribution < -0.4 is 5.32 Å². The van der Waals surface area contributed by atoms with Crippen molar-refractivity contribution in [1.29, 1.82) is 0 Å². The second-order valence-electron chi connectivity index (χ2n) is 4.59. The quantitative estimate of drug-likeness (QED) is 0.804. The molecule has 4 heteroatoms. The lowest BCUT2D eigenvalue weighted by Crippen LogP contribution is -2.51. The third kappa shape index (κ3) is 2.43. The molecule has 3 atom stereocenters. The van der Waals surface area contributed by atoms with Gasteiger partial charge < -0.3 is 4.74 Å². The average Bonchev–Trinajstić information content (AvgIpc) is 2.41. The number of ether oxygens (including phenoxy) is 1. The summed E-state index contributed by atoms with van der Waals surface area (Å²) in [5, 5.41) is 3.21. The van der Waals surface area contributed by atoms with E-state index in [-0.39, 0.29) is 23.7 Å². The molecule has 4 nitrogen and oxygen atoms in total. The highest BCUT2D eigenvalue weighted by molar-refractivity contribution is 5.90. The third-order valence-electron chi connectivity index (χ3n) is 3.45. The molecule has 1 aliphatic heterocycles. The summed E-state index contributed by atoms with van der Waals surface area (Å²) in [7, 11) is 1.34. The Morgan fingerprint density at radius 3 is 2.61 bits per heavy atom. The SMILES string of the molecule is COC(=O)[C@@H]1N[C@H](c2ccccc2)CC(=O)[C@H]1C. The molecule has 0 saturated carbocycles. The molecule has 0 spiro atoms. The van der Waals surface area contributed by atoms with Crippen LogP contribution in [-0.2, 0) is 14.3 Å². The van der Waals surface area contributed by atoms with E-state index in [2.05, 4.69) is 5.32 Å². The van der Waals surface area contributed by atoms with Crippen LogP contribution in [0.3, 0.4) is 0 Å². The van der Waals surface area contributed by atoms with E-state index in [0.29, 0.717) is 6.42 Å². The normalized spacial score (nSPS) is 27.9. The van der Waals surface area contributed by atoms with E-state index in [1.807, 2.05) is 30.3 Å². The number of nitrogens with one attached hydrogen (secondary N) is 1. The fourth-order valence-corrected chi connectivity index (χ4v) is 2.29. The van der Waals surface area contributed by atoms with Crippen molar-refractivity contribution in [2.45, 2.75) is 25.4 Å². The van der Waals surface area contributed by atoms with Gasteiger partial charge in [-0.15, -0.1) is 0 Å². The smallest absolute Gasteiger partial charge is 0.323 e. The predicted molar refractivity (Wildman–Crippen MR) is 66.9 cm³/mol. The van der Waals surface area contributed by atoms with Crippen molar-refractivity contribution in [3.63, 3.8) is 0 Å². The Balaban J connectivity index is 2.21. The second kappa shape index (κ2) is 5.31. The minimum atomic E-state index is -0.554. The molecule has 1 fully saturated rings. The van der Waals surface area contributed by atoms with E-state index in [0.717, 1.165) is 5.56 Å². The predicted octanol–water partition coefficient (Wildman–Crippen LogP) is 1.47. The number of methoxy groups -OCH3 is 1. The minimum Gasteiger partial charge on any atom is -0.468 e. The second-order valence-corrected chi connectivity index (χ2v) is 4.59. The summed E-state index contributed by atoms with van der Waals surface area (Å²) in [5.74, 6) is -0.619. The molecule has 1 aromatic carbocycles. The lowest BCUT2D eigenvalue weighted by atomic mass is 9.85. The van der Waals surface area contributed by atoms with E-state index < -0.39 is 6.04 Å². The van der Waals surface area contributed by atoms with Crippen molar-refractivity contribution in [2.75, 3.05) is 7.11 Å². The van der Waals surface area contributed by atoms with Gasteiger partial charge in [-0.1, -0.05) is 37.3 Å². The first kappa shape index (κ1) is 12.8. The van der Waals surface area contributed by atoms with Gasteiger partial charge in [0.15, 0.2) is 0 Å². The van der Waals surface area contributed by atoms with Crippen LogP contribution in [0.1, 0.15) is 24.9 Å². The molecule has 0 radical (unpaired) electrons. The molecule has 0 aliphatic carbocycles. The third-order valence-corrected chi connectivity index (χ3v) is 3.45. The Morgan fingerprint density at radius 2 is 2.00 bits per heavy atom. The Bertz CT molecular complexity index is 444. The van der Waals surface area contributed by atoms with Crippen LogP contribution in [-0.4, -0.2) is 24.9 Å². The van der Waals surface area contributed by atoms with Crippen molar-refractivity contribution < 1.29 is 14.3 Å². The Labute approximate surface area is 106 Å². The van der Waals surface area contributed by atoms with Gasteiger partial charge in [0.25, 0.3) is 0 Å². The Morgan fingerprint density at radius 1 is 1.33 bits per heavy atom. The fraction of sp³-hybridized carbons (Fsp3) is 0.429. The maximum Gasteiger partial charge on any atom is 0.323 e. The van der Waals surface area contributed by atoms with Crippen LogP contribution >= 0.6 is 0 Å². The van der Waals surface area contributed by atoms with Gasteiger partial charge in [-0.05, 0) is 5.56 Å². The first-order valence-electron chi connectivity index (χ1n) is 6.05. The summed E-state index contributed by atoms with van der Waals surface area (Å²) in [6.07, 6.45) is 0.415. The fourth-order valence-electron chi connectivity index (χ4n) is 2.29. The minimum absolute atomic E-state index is 0.0954. The molecule has 1 N–H and O–H groups in total. The van der Waals surface area contributed by atoms with Gasteiger partial charge in [0.2, 0.25) is 0 Å². The van der Waals surface area contributed by atoms with Crippen LogP contribution in [0.4, 0.5) is 0 Å². The summed E-state index contributed by atoms with van der Waals surface area (Å²) in [5.41, 5.74) is 1.02. The van der Waals surface area contributed by atoms with E-state index >= 15 is 0 Å². The molecule has 96 valence electrons. The van der Waals surface area contributed by atoms with Crippen molar-refractivity contribution in [2.24, 2.45) is 5.92 Å². The summed E-state index contributed by atoms with van der Waals surface area (Å²) in [4.78, 5) is 23.6. The highest BCUT2D eigenvalue weighted by Gasteiger charge is 2.38. The molecule has 1 aromatic rings. The molecule has 0 aromatic heterocycles. The van der Waals surface area contributed by atoms with Gasteiger partial charge in [-0.25, -0.2) is 0 Å². The highest BCUT2D eigenvalue weighted by atomic mass is 16.5. The summed E-state index contributed by atoms with van der Waals surface area (Å²) >= 11 is 0. The van der Waals surface area contributed by atoms with Crippen LogP contribution in [0.15, 0.2) is 30.3 Å². The van der Waals surface area contributed by atoms with Gasteiger partial charge in [0.05, 0.1) is 7.11 Å². The zero-order valence-corrected chi connectivity index (χ0v) is 10.6. The first-order valence-corrected chi connectivity index (χ1v) is 6.05. The average molecular weight is 247 g/mol. The van der Waals surface area contributed by atoms with Crippen LogP contribution in [0, 0.1) is 5.92 Å². The van der Waals surface area contributed by atoms with Gasteiger partial charge in [0.1, 0.15) is 11.8 Å². The largest absolute Gasteiger partial charge is 0.468 e. The molecule has 0 amide bonds. The number of esters is 1. The Hall–Kier alpha value is -1.68. The molecule has 1 saturated heterocycles. The van der Waals surface area contributed by atoms with Crippen LogP contribution in [0.2, 0.25) is 0 Å². The molecular weight excluding hydrogens is 230 g/mol. The zero-order valence-electron chi connectivity index (χ0n) is 10.6. The van der Waals surface area contributed by atoms with Crippen molar-refractivity contribution in [3.05, 3.63) is 35.9 Å². The summed E-state index contributed by atoms with van der Waals surface area (Å²) < 4.78 is 4.74. The maximum atomic E-state index is 12.0. The van der Waals surface area contributed by atoms with Crippen LogP contribution in [0.5, 0.6) is 0 Å². The Kier molecular flexibility index (Phi) is 3.77. The zero-order chi connectivity index (χ0) is 13.1. The molecular formula is C14H17NO3. The highest BCUT2D eigenvalue weighted by Crippen LogP contribution is 2.27. The van der Waals surface area contributed by atoms with Gasteiger partial charge in [0, 0.05) is 18.4 Å². The summed E-state index contributed by atoms with van der Waals surface area (Å²) in [6, 6.07) is 9.01. The monoisotopic (exact) mass is 247 g/mol. The number of carbonyl (C=O) groups is 2. The number of piperidine rings is 1. The molecule has 0 unspecified atom stereocenters. The van der Waals surface area contributed by atoms with Gasteiger partial charge in [-0.2, -0.15) is 0 Å². The topological polar surface area (TPSA) is 55.4 Å². The molecule has 1 heterocycles. The lowest BCUT2D eigenvalue weighted by molar-refractivity contribution is -0.148. The number of Topliss-reactive ketones (excluding diaryl/α,β-unsaturated/α-hetero) is 1. The van der Waals surface area contributed by atoms with Crippen molar-refractivity contribution in [1.82, 2.24) is 5.32 Å². The van der Waals surface area contributed by atoms with Gasteiger partial charge >= 0.3 is 5.97 Å². The first-order chi connectivity index (χ1) is 8.63. The van der Waals surface area contributed by atoms with E-state index in [4.69, 9.17) is 4.74 Å². The molecule has 2 rings (SSSR count). The standard InChI is InChI=1S/C14H17NO3/c1-9-12(16)8-11(10-6-4-3-5-7-10)15-13(9)14(17)18-2/h3-7,9,11,13,15H,8H2,1-2H3/t9-,11+,13-/m1/s1. The number of hydrogen-bond acceptors (Lipinski definition) is 4. The van der Waals surface area contributed by atoms with Crippen molar-refractivity contribution >= 4 is 11.8 Å². The van der Waals surface area contributed by atoms with Crippen LogP contribution in [0.25, 0.3) is 0 Å². The molecule has 1 aliphatic rings.